The lowest BCUT2D eigenvalue weighted by Gasteiger charge is -2.20. The number of nitrogens with zero attached hydrogens (tertiary/aromatic N) is 1. The van der Waals surface area contributed by atoms with Crippen molar-refractivity contribution in [3.8, 4) is 0 Å². The van der Waals surface area contributed by atoms with Crippen LogP contribution in [0.3, 0.4) is 0 Å². The van der Waals surface area contributed by atoms with Crippen molar-refractivity contribution in [1.29, 1.82) is 0 Å². The highest BCUT2D eigenvalue weighted by Gasteiger charge is 2.23. The molecule has 1 fully saturated rings. The van der Waals surface area contributed by atoms with Crippen LogP contribution in [0.1, 0.15) is 80.6 Å². The number of methoxy groups -OCH3 is 1. The smallest absolute Gasteiger partial charge is 0.407 e. The van der Waals surface area contributed by atoms with Gasteiger partial charge in [-0.2, -0.15) is 0 Å². The van der Waals surface area contributed by atoms with Crippen LogP contribution in [0.25, 0.3) is 0 Å². The molecule has 1 saturated heterocycles. The standard InChI is InChI=1S/C12H23NO2.C8H15NO.C2H4O2/c1-6-7-10(2)8-9-13-11(14)15-12(3,4)5;1-3-8(10)9-6-4-5-7(9)2;1-4-2-3/h8H,6-7,9H2,1-5H3,(H,13,14);7H,3-6H2,1-2H3;2H,1H3/b10-8-;;. The quantitative estimate of drug-likeness (QED) is 0.512. The molecule has 170 valence electrons. The molecule has 7 heteroatoms. The zero-order valence-electron chi connectivity index (χ0n) is 19.7. The summed E-state index contributed by atoms with van der Waals surface area (Å²) in [6, 6.07) is 0.493. The van der Waals surface area contributed by atoms with E-state index in [1.807, 2.05) is 38.7 Å². The van der Waals surface area contributed by atoms with Gasteiger partial charge in [-0.1, -0.05) is 31.9 Å². The lowest BCUT2D eigenvalue weighted by Crippen LogP contribution is -2.32. The highest BCUT2D eigenvalue weighted by Crippen LogP contribution is 2.16. The second kappa shape index (κ2) is 16.9. The normalized spacial score (nSPS) is 15.9. The van der Waals surface area contributed by atoms with Crippen LogP contribution >= 0.6 is 0 Å². The summed E-state index contributed by atoms with van der Waals surface area (Å²) in [5.74, 6) is 0.310. The Hall–Kier alpha value is -2.05. The van der Waals surface area contributed by atoms with E-state index in [1.165, 1.54) is 25.5 Å². The first-order valence-corrected chi connectivity index (χ1v) is 10.4. The van der Waals surface area contributed by atoms with Crippen LogP contribution in [0, 0.1) is 0 Å². The number of hydrogen-bond donors (Lipinski definition) is 1. The number of likely N-dealkylation sites (tertiary alicyclic amines) is 1. The average Bonchev–Trinajstić information content (AvgIpc) is 3.06. The van der Waals surface area contributed by atoms with Gasteiger partial charge in [0.15, 0.2) is 0 Å². The first-order valence-electron chi connectivity index (χ1n) is 10.4. The Kier molecular flexibility index (Phi) is 17.0. The van der Waals surface area contributed by atoms with Crippen LogP contribution in [0.15, 0.2) is 11.6 Å². The molecule has 0 saturated carbocycles. The molecule has 2 amide bonds. The van der Waals surface area contributed by atoms with Gasteiger partial charge in [0, 0.05) is 25.6 Å². The minimum Gasteiger partial charge on any atom is -0.471 e. The zero-order valence-corrected chi connectivity index (χ0v) is 19.7. The molecule has 0 radical (unpaired) electrons. The van der Waals surface area contributed by atoms with Crippen LogP contribution in [-0.4, -0.2) is 55.2 Å². The Bertz CT molecular complexity index is 498. The van der Waals surface area contributed by atoms with Crippen molar-refractivity contribution in [1.82, 2.24) is 10.2 Å². The Balaban J connectivity index is 0. The van der Waals surface area contributed by atoms with Gasteiger partial charge in [-0.15, -0.1) is 0 Å². The third-order valence-corrected chi connectivity index (χ3v) is 4.01. The molecule has 0 spiro atoms. The Morgan fingerprint density at radius 1 is 1.24 bits per heavy atom. The first-order chi connectivity index (χ1) is 13.5. The number of amides is 2. The number of ether oxygens (including phenoxy) is 2. The average molecular weight is 415 g/mol. The van der Waals surface area contributed by atoms with E-state index in [4.69, 9.17) is 9.53 Å². The van der Waals surface area contributed by atoms with Gasteiger partial charge in [0.2, 0.25) is 5.91 Å². The number of alkyl carbamates (subject to hydrolysis) is 1. The van der Waals surface area contributed by atoms with E-state index in [1.54, 1.807) is 0 Å². The van der Waals surface area contributed by atoms with E-state index in [9.17, 15) is 9.59 Å². The second-order valence-corrected chi connectivity index (χ2v) is 7.95. The molecular formula is C22H42N2O5. The molecule has 1 aliphatic heterocycles. The third-order valence-electron chi connectivity index (χ3n) is 4.01. The highest BCUT2D eigenvalue weighted by atomic mass is 16.6. The van der Waals surface area contributed by atoms with E-state index >= 15 is 0 Å². The number of carbonyl (C=O) groups excluding carboxylic acids is 3. The van der Waals surface area contributed by atoms with E-state index in [0.717, 1.165) is 19.4 Å². The molecule has 1 atom stereocenters. The maximum absolute atomic E-state index is 11.2. The summed E-state index contributed by atoms with van der Waals surface area (Å²) in [5, 5.41) is 2.69. The fourth-order valence-electron chi connectivity index (χ4n) is 2.63. The van der Waals surface area contributed by atoms with Crippen LogP contribution in [-0.2, 0) is 19.1 Å². The van der Waals surface area contributed by atoms with Crippen molar-refractivity contribution in [2.45, 2.75) is 92.2 Å². The highest BCUT2D eigenvalue weighted by molar-refractivity contribution is 5.76. The molecule has 0 aromatic rings. The monoisotopic (exact) mass is 414 g/mol. The number of carbonyl (C=O) groups is 3. The van der Waals surface area contributed by atoms with E-state index in [-0.39, 0.29) is 6.09 Å². The van der Waals surface area contributed by atoms with E-state index in [2.05, 4.69) is 30.8 Å². The second-order valence-electron chi connectivity index (χ2n) is 7.95. The maximum atomic E-state index is 11.2. The molecule has 0 bridgehead atoms. The van der Waals surface area contributed by atoms with Crippen molar-refractivity contribution in [2.75, 3.05) is 20.2 Å². The maximum Gasteiger partial charge on any atom is 0.407 e. The predicted molar refractivity (Wildman–Crippen MR) is 117 cm³/mol. The van der Waals surface area contributed by atoms with Crippen molar-refractivity contribution in [3.05, 3.63) is 11.6 Å². The molecule has 0 aromatic heterocycles. The summed E-state index contributed by atoms with van der Waals surface area (Å²) >= 11 is 0. The fourth-order valence-corrected chi connectivity index (χ4v) is 2.63. The van der Waals surface area contributed by atoms with Gasteiger partial charge in [-0.05, 0) is 53.9 Å². The van der Waals surface area contributed by atoms with Gasteiger partial charge in [-0.3, -0.25) is 9.59 Å². The van der Waals surface area contributed by atoms with Crippen LogP contribution in [0.2, 0.25) is 0 Å². The minimum absolute atomic E-state index is 0.310. The van der Waals surface area contributed by atoms with E-state index in [0.29, 0.717) is 31.4 Å². The van der Waals surface area contributed by atoms with Crippen molar-refractivity contribution in [2.24, 2.45) is 0 Å². The summed E-state index contributed by atoms with van der Waals surface area (Å²) < 4.78 is 8.96. The van der Waals surface area contributed by atoms with Crippen LogP contribution in [0.4, 0.5) is 4.79 Å². The van der Waals surface area contributed by atoms with Gasteiger partial charge < -0.3 is 19.7 Å². The van der Waals surface area contributed by atoms with Crippen molar-refractivity contribution < 1.29 is 23.9 Å². The van der Waals surface area contributed by atoms with E-state index < -0.39 is 5.60 Å². The molecule has 1 unspecified atom stereocenters. The molecule has 0 aliphatic carbocycles. The molecule has 29 heavy (non-hydrogen) atoms. The molecular weight excluding hydrogens is 372 g/mol. The number of allylic oxidation sites excluding steroid dienone is 1. The summed E-state index contributed by atoms with van der Waals surface area (Å²) in [5.41, 5.74) is 0.875. The van der Waals surface area contributed by atoms with Crippen molar-refractivity contribution >= 4 is 18.5 Å². The molecule has 1 rings (SSSR count). The lowest BCUT2D eigenvalue weighted by molar-refractivity contribution is -0.131. The van der Waals surface area contributed by atoms with Gasteiger partial charge in [0.1, 0.15) is 5.60 Å². The number of nitrogens with one attached hydrogen (secondary N) is 1. The summed E-state index contributed by atoms with van der Waals surface area (Å²) in [7, 11) is 1.31. The molecule has 1 N–H and O–H groups in total. The van der Waals surface area contributed by atoms with Gasteiger partial charge in [0.25, 0.3) is 6.47 Å². The SMILES string of the molecule is CCC(=O)N1CCCC1C.CCC/C(C)=C\CNC(=O)OC(C)(C)C.COC=O. The largest absolute Gasteiger partial charge is 0.471 e. The molecule has 1 aliphatic rings. The number of rotatable bonds is 6. The Labute approximate surface area is 177 Å². The summed E-state index contributed by atoms with van der Waals surface area (Å²) in [6.45, 7) is 15.7. The fraction of sp³-hybridized carbons (Fsp3) is 0.773. The zero-order chi connectivity index (χ0) is 22.9. The molecule has 7 nitrogen and oxygen atoms in total. The third kappa shape index (κ3) is 17.8. The summed E-state index contributed by atoms with van der Waals surface area (Å²) in [6.07, 6.45) is 6.91. The van der Waals surface area contributed by atoms with Gasteiger partial charge >= 0.3 is 6.09 Å². The summed E-state index contributed by atoms with van der Waals surface area (Å²) in [4.78, 5) is 33.3. The van der Waals surface area contributed by atoms with Gasteiger partial charge in [-0.25, -0.2) is 4.79 Å². The van der Waals surface area contributed by atoms with Crippen LogP contribution < -0.4 is 5.32 Å². The van der Waals surface area contributed by atoms with Crippen LogP contribution in [0.5, 0.6) is 0 Å². The minimum atomic E-state index is -0.424. The Morgan fingerprint density at radius 2 is 1.83 bits per heavy atom. The Morgan fingerprint density at radius 3 is 2.21 bits per heavy atom. The topological polar surface area (TPSA) is 84.9 Å². The van der Waals surface area contributed by atoms with Gasteiger partial charge in [0.05, 0.1) is 7.11 Å². The number of hydrogen-bond acceptors (Lipinski definition) is 5. The lowest BCUT2D eigenvalue weighted by atomic mass is 10.2. The first kappa shape index (κ1) is 29.2. The molecule has 1 heterocycles. The van der Waals surface area contributed by atoms with Crippen molar-refractivity contribution in [3.63, 3.8) is 0 Å². The molecule has 0 aromatic carbocycles. The predicted octanol–water partition coefficient (Wildman–Crippen LogP) is 4.45.